The van der Waals surface area contributed by atoms with Crippen LogP contribution >= 0.6 is 0 Å². The molecule has 2 bridgehead atoms. The number of aryl methyl sites for hydroxylation is 1. The monoisotopic (exact) mass is 501 g/mol. The first-order valence-electron chi connectivity index (χ1n) is 11.0. The smallest absolute Gasteiger partial charge is 0.274 e. The molecular weight excluding hydrogens is 482 g/mol. The average molecular weight is 501 g/mol. The molecule has 2 aliphatic rings. The maximum atomic E-state index is 14.2. The Labute approximate surface area is 201 Å². The predicted molar refractivity (Wildman–Crippen MR) is 119 cm³/mol. The molecule has 0 unspecified atom stereocenters. The highest BCUT2D eigenvalue weighted by atomic mass is 19.2. The van der Waals surface area contributed by atoms with Crippen molar-refractivity contribution in [2.45, 2.75) is 25.9 Å². The first-order valence-corrected chi connectivity index (χ1v) is 11.0. The van der Waals surface area contributed by atoms with Gasteiger partial charge in [0.2, 0.25) is 5.43 Å². The number of rotatable bonds is 3. The molecule has 11 heteroatoms. The van der Waals surface area contributed by atoms with Gasteiger partial charge < -0.3 is 19.9 Å². The molecule has 2 N–H and O–H groups in total. The Balaban J connectivity index is 1.57. The Bertz CT molecular complexity index is 1500. The van der Waals surface area contributed by atoms with E-state index in [1.54, 1.807) is 0 Å². The zero-order valence-corrected chi connectivity index (χ0v) is 18.9. The van der Waals surface area contributed by atoms with Crippen LogP contribution in [0.3, 0.4) is 0 Å². The third-order valence-electron chi connectivity index (χ3n) is 6.58. The Morgan fingerprint density at radius 1 is 1.06 bits per heavy atom. The molecule has 0 saturated carbocycles. The number of carbonyl (C=O) groups is 2. The lowest BCUT2D eigenvalue weighted by Gasteiger charge is -2.35. The van der Waals surface area contributed by atoms with Crippen LogP contribution < -0.4 is 10.7 Å². The molecule has 5 rings (SSSR count). The van der Waals surface area contributed by atoms with Crippen LogP contribution in [0.15, 0.2) is 35.3 Å². The molecule has 0 radical (unpaired) electrons. The van der Waals surface area contributed by atoms with Crippen molar-refractivity contribution in [1.29, 1.82) is 0 Å². The topological polar surface area (TPSA) is 91.6 Å². The quantitative estimate of drug-likeness (QED) is 0.540. The van der Waals surface area contributed by atoms with Crippen molar-refractivity contribution in [2.24, 2.45) is 0 Å². The van der Waals surface area contributed by atoms with Crippen LogP contribution in [0.1, 0.15) is 49.1 Å². The van der Waals surface area contributed by atoms with Gasteiger partial charge in [-0.05, 0) is 54.3 Å². The van der Waals surface area contributed by atoms with E-state index in [1.807, 2.05) is 0 Å². The summed E-state index contributed by atoms with van der Waals surface area (Å²) in [5, 5.41) is 12.9. The SMILES string of the molecule is Cc1cc(F)c(CNC(=O)c2cn3c(c(O)c2=O)C(=O)N2CCc4cc(F)c(F)cc4[C@H]3C2)c(F)c1. The van der Waals surface area contributed by atoms with Gasteiger partial charge >= 0.3 is 0 Å². The van der Waals surface area contributed by atoms with E-state index in [4.69, 9.17) is 0 Å². The lowest BCUT2D eigenvalue weighted by atomic mass is 9.97. The van der Waals surface area contributed by atoms with Gasteiger partial charge in [-0.2, -0.15) is 0 Å². The van der Waals surface area contributed by atoms with Gasteiger partial charge in [0.25, 0.3) is 11.8 Å². The van der Waals surface area contributed by atoms with Crippen molar-refractivity contribution in [1.82, 2.24) is 14.8 Å². The van der Waals surface area contributed by atoms with E-state index in [1.165, 1.54) is 16.4 Å². The van der Waals surface area contributed by atoms with Crippen molar-refractivity contribution in [3.05, 3.63) is 97.5 Å². The van der Waals surface area contributed by atoms with E-state index in [0.29, 0.717) is 16.7 Å². The van der Waals surface area contributed by atoms with Crippen molar-refractivity contribution >= 4 is 11.8 Å². The minimum Gasteiger partial charge on any atom is -0.503 e. The van der Waals surface area contributed by atoms with Crippen LogP contribution in [0.5, 0.6) is 5.75 Å². The molecule has 1 atom stereocenters. The number of hydrogen-bond donors (Lipinski definition) is 2. The van der Waals surface area contributed by atoms with Gasteiger partial charge in [-0.1, -0.05) is 0 Å². The second-order valence-corrected chi connectivity index (χ2v) is 8.85. The summed E-state index contributed by atoms with van der Waals surface area (Å²) < 4.78 is 57.5. The average Bonchev–Trinajstić information content (AvgIpc) is 2.97. The van der Waals surface area contributed by atoms with E-state index in [-0.39, 0.29) is 25.2 Å². The molecule has 0 aliphatic carbocycles. The van der Waals surface area contributed by atoms with Crippen LogP contribution in [0, 0.1) is 30.2 Å². The highest BCUT2D eigenvalue weighted by molar-refractivity contribution is 5.99. The predicted octanol–water partition coefficient (Wildman–Crippen LogP) is 2.95. The largest absolute Gasteiger partial charge is 0.503 e. The van der Waals surface area contributed by atoms with Crippen LogP contribution in [0.25, 0.3) is 0 Å². The third kappa shape index (κ3) is 3.71. The van der Waals surface area contributed by atoms with Crippen LogP contribution in [-0.4, -0.2) is 39.5 Å². The number of nitrogens with one attached hydrogen (secondary N) is 1. The summed E-state index contributed by atoms with van der Waals surface area (Å²) in [4.78, 5) is 40.0. The van der Waals surface area contributed by atoms with Gasteiger partial charge in [0, 0.05) is 31.4 Å². The van der Waals surface area contributed by atoms with Gasteiger partial charge in [0.1, 0.15) is 17.2 Å². The molecule has 186 valence electrons. The molecule has 0 fully saturated rings. The lowest BCUT2D eigenvalue weighted by molar-refractivity contribution is 0.0686. The van der Waals surface area contributed by atoms with E-state index in [9.17, 15) is 37.1 Å². The minimum atomic E-state index is -1.15. The Morgan fingerprint density at radius 2 is 1.72 bits per heavy atom. The number of fused-ring (bicyclic) bond motifs is 6. The molecule has 7 nitrogen and oxygen atoms in total. The van der Waals surface area contributed by atoms with Gasteiger partial charge in [0.05, 0.1) is 6.04 Å². The van der Waals surface area contributed by atoms with Crippen molar-refractivity contribution in [3.63, 3.8) is 0 Å². The molecule has 3 aromatic rings. The number of carbonyl (C=O) groups excluding carboxylic acids is 2. The maximum Gasteiger partial charge on any atom is 0.274 e. The van der Waals surface area contributed by atoms with E-state index >= 15 is 0 Å². The fourth-order valence-corrected chi connectivity index (χ4v) is 4.76. The maximum absolute atomic E-state index is 14.2. The molecule has 3 heterocycles. The molecule has 36 heavy (non-hydrogen) atoms. The highest BCUT2D eigenvalue weighted by Gasteiger charge is 2.39. The summed E-state index contributed by atoms with van der Waals surface area (Å²) >= 11 is 0. The van der Waals surface area contributed by atoms with Crippen molar-refractivity contribution in [3.8, 4) is 5.75 Å². The number of aromatic nitrogens is 1. The fraction of sp³-hybridized carbons (Fsp3) is 0.240. The summed E-state index contributed by atoms with van der Waals surface area (Å²) in [7, 11) is 0. The van der Waals surface area contributed by atoms with Crippen molar-refractivity contribution < 1.29 is 32.3 Å². The summed E-state index contributed by atoms with van der Waals surface area (Å²) in [6.45, 7) is 1.10. The molecule has 2 aliphatic heterocycles. The third-order valence-corrected chi connectivity index (χ3v) is 6.58. The van der Waals surface area contributed by atoms with Crippen LogP contribution in [0.4, 0.5) is 17.6 Å². The number of amides is 2. The number of halogens is 4. The number of benzene rings is 2. The van der Waals surface area contributed by atoms with Crippen molar-refractivity contribution in [2.75, 3.05) is 13.1 Å². The number of nitrogens with zero attached hydrogens (tertiary/aromatic N) is 2. The van der Waals surface area contributed by atoms with E-state index in [2.05, 4.69) is 5.32 Å². The summed E-state index contributed by atoms with van der Waals surface area (Å²) in [5.41, 5.74) is -1.42. The fourth-order valence-electron chi connectivity index (χ4n) is 4.76. The highest BCUT2D eigenvalue weighted by Crippen LogP contribution is 2.35. The molecule has 2 aromatic carbocycles. The lowest BCUT2D eigenvalue weighted by Crippen LogP contribution is -2.45. The van der Waals surface area contributed by atoms with Crippen LogP contribution in [-0.2, 0) is 13.0 Å². The summed E-state index contributed by atoms with van der Waals surface area (Å²) in [6, 6.07) is 3.39. The van der Waals surface area contributed by atoms with E-state index < -0.39 is 70.0 Å². The molecule has 0 saturated heterocycles. The minimum absolute atomic E-state index is 0.0348. The molecule has 2 amide bonds. The zero-order valence-electron chi connectivity index (χ0n) is 18.9. The first kappa shape index (κ1) is 23.6. The van der Waals surface area contributed by atoms with Gasteiger partial charge in [-0.25, -0.2) is 17.6 Å². The van der Waals surface area contributed by atoms with Gasteiger partial charge in [-0.15, -0.1) is 0 Å². The second-order valence-electron chi connectivity index (χ2n) is 8.85. The van der Waals surface area contributed by atoms with Gasteiger partial charge in [0.15, 0.2) is 23.1 Å². The Kier molecular flexibility index (Phi) is 5.57. The zero-order chi connectivity index (χ0) is 25.9. The number of aromatic hydroxyl groups is 1. The Morgan fingerprint density at radius 3 is 2.42 bits per heavy atom. The first-order chi connectivity index (χ1) is 17.1. The second kappa shape index (κ2) is 8.51. The van der Waals surface area contributed by atoms with Gasteiger partial charge in [-0.3, -0.25) is 14.4 Å². The summed E-state index contributed by atoms with van der Waals surface area (Å²) in [5.74, 6) is -6.62. The molecule has 0 spiro atoms. The summed E-state index contributed by atoms with van der Waals surface area (Å²) in [6.07, 6.45) is 1.26. The standard InChI is InChI=1S/C25H19F4N3O4/c1-11-4-16(26)14(17(27)5-11)8-30-24(35)15-9-32-20-10-31(25(36)21(32)23(34)22(15)33)3-2-12-6-18(28)19(29)7-13(12)20/h4-7,9,20,34H,2-3,8,10H2,1H3,(H,30,35)/t20-/m1/s1. The number of hydrogen-bond acceptors (Lipinski definition) is 4. The molecule has 1 aromatic heterocycles. The normalized spacial score (nSPS) is 16.3. The van der Waals surface area contributed by atoms with E-state index in [0.717, 1.165) is 30.5 Å². The Hall–Kier alpha value is -4.15. The molecular formula is C25H19F4N3O4. The number of pyridine rings is 1. The van der Waals surface area contributed by atoms with Crippen LogP contribution in [0.2, 0.25) is 0 Å².